The van der Waals surface area contributed by atoms with Gasteiger partial charge in [0.15, 0.2) is 0 Å². The Bertz CT molecular complexity index is 284. The molecule has 1 aromatic carbocycles. The van der Waals surface area contributed by atoms with Gasteiger partial charge in [-0.3, -0.25) is 0 Å². The Morgan fingerprint density at radius 2 is 2.00 bits per heavy atom. The van der Waals surface area contributed by atoms with Crippen molar-refractivity contribution < 1.29 is 5.11 Å². The van der Waals surface area contributed by atoms with Crippen LogP contribution >= 0.6 is 0 Å². The molecule has 3 N–H and O–H groups in total. The highest BCUT2D eigenvalue weighted by molar-refractivity contribution is 5.42. The van der Waals surface area contributed by atoms with Crippen LogP contribution in [0.4, 0.5) is 0 Å². The van der Waals surface area contributed by atoms with Crippen LogP contribution in [-0.4, -0.2) is 11.7 Å². The van der Waals surface area contributed by atoms with Gasteiger partial charge in [-0.15, -0.1) is 0 Å². The van der Waals surface area contributed by atoms with E-state index in [0.29, 0.717) is 18.2 Å². The summed E-state index contributed by atoms with van der Waals surface area (Å²) in [5, 5.41) is 9.58. The maximum absolute atomic E-state index is 9.58. The van der Waals surface area contributed by atoms with Crippen molar-refractivity contribution in [3.63, 3.8) is 0 Å². The molecule has 0 aliphatic rings. The highest BCUT2D eigenvalue weighted by Gasteiger charge is 2.07. The van der Waals surface area contributed by atoms with E-state index in [1.54, 1.807) is 6.07 Å². The number of hydrogen-bond donors (Lipinski definition) is 2. The van der Waals surface area contributed by atoms with Gasteiger partial charge in [-0.05, 0) is 49.1 Å². The number of rotatable bonds is 2. The molecule has 1 unspecified atom stereocenters. The second kappa shape index (κ2) is 3.79. The summed E-state index contributed by atoms with van der Waals surface area (Å²) in [5.41, 5.74) is 8.75. The van der Waals surface area contributed by atoms with E-state index in [2.05, 4.69) is 13.0 Å². The highest BCUT2D eigenvalue weighted by atomic mass is 16.3. The number of phenolic OH excluding ortho intramolecular Hbond substituents is 1. The minimum absolute atomic E-state index is 0.310. The Morgan fingerprint density at radius 1 is 1.38 bits per heavy atom. The molecule has 1 aromatic rings. The van der Waals surface area contributed by atoms with Gasteiger partial charge in [-0.1, -0.05) is 13.0 Å². The monoisotopic (exact) mass is 179 g/mol. The minimum Gasteiger partial charge on any atom is -0.508 e. The maximum atomic E-state index is 9.58. The van der Waals surface area contributed by atoms with Gasteiger partial charge in [0.2, 0.25) is 0 Å². The van der Waals surface area contributed by atoms with Crippen molar-refractivity contribution in [1.29, 1.82) is 0 Å². The van der Waals surface area contributed by atoms with E-state index in [-0.39, 0.29) is 0 Å². The molecule has 0 saturated heterocycles. The first-order valence-corrected chi connectivity index (χ1v) is 4.56. The van der Waals surface area contributed by atoms with Crippen LogP contribution in [-0.2, 0) is 0 Å². The zero-order valence-electron chi connectivity index (χ0n) is 8.46. The smallest absolute Gasteiger partial charge is 0.119 e. The number of aromatic hydroxyl groups is 1. The predicted molar refractivity (Wildman–Crippen MR) is 55.1 cm³/mol. The SMILES string of the molecule is Cc1cc(C(C)CN)cc(O)c1C. The molecule has 2 heteroatoms. The van der Waals surface area contributed by atoms with E-state index < -0.39 is 0 Å². The molecule has 0 amide bonds. The van der Waals surface area contributed by atoms with Crippen LogP contribution < -0.4 is 5.73 Å². The maximum Gasteiger partial charge on any atom is 0.119 e. The summed E-state index contributed by atoms with van der Waals surface area (Å²) in [7, 11) is 0. The number of phenols is 1. The van der Waals surface area contributed by atoms with Crippen molar-refractivity contribution in [2.75, 3.05) is 6.54 Å². The fourth-order valence-corrected chi connectivity index (χ4v) is 1.29. The van der Waals surface area contributed by atoms with Gasteiger partial charge in [-0.25, -0.2) is 0 Å². The van der Waals surface area contributed by atoms with Gasteiger partial charge in [0, 0.05) is 0 Å². The third kappa shape index (κ3) is 2.01. The summed E-state index contributed by atoms with van der Waals surface area (Å²) in [6.07, 6.45) is 0. The molecule has 2 nitrogen and oxygen atoms in total. The Labute approximate surface area is 79.4 Å². The zero-order chi connectivity index (χ0) is 10.0. The van der Waals surface area contributed by atoms with Gasteiger partial charge in [0.05, 0.1) is 0 Å². The lowest BCUT2D eigenvalue weighted by Gasteiger charge is -2.12. The van der Waals surface area contributed by atoms with Crippen molar-refractivity contribution in [1.82, 2.24) is 0 Å². The van der Waals surface area contributed by atoms with Gasteiger partial charge in [-0.2, -0.15) is 0 Å². The lowest BCUT2D eigenvalue weighted by atomic mass is 9.96. The molecular weight excluding hydrogens is 162 g/mol. The van der Waals surface area contributed by atoms with Gasteiger partial charge < -0.3 is 10.8 Å². The van der Waals surface area contributed by atoms with Crippen LogP contribution in [0.2, 0.25) is 0 Å². The summed E-state index contributed by atoms with van der Waals surface area (Å²) in [6, 6.07) is 3.90. The van der Waals surface area contributed by atoms with E-state index in [9.17, 15) is 5.11 Å². The molecule has 0 aliphatic carbocycles. The summed E-state index contributed by atoms with van der Waals surface area (Å²) < 4.78 is 0. The molecule has 0 spiro atoms. The zero-order valence-corrected chi connectivity index (χ0v) is 8.46. The third-order valence-corrected chi connectivity index (χ3v) is 2.58. The lowest BCUT2D eigenvalue weighted by molar-refractivity contribution is 0.469. The van der Waals surface area contributed by atoms with Crippen molar-refractivity contribution in [2.24, 2.45) is 5.73 Å². The van der Waals surface area contributed by atoms with E-state index in [1.165, 1.54) is 0 Å². The van der Waals surface area contributed by atoms with Gasteiger partial charge in [0.25, 0.3) is 0 Å². The van der Waals surface area contributed by atoms with Crippen LogP contribution in [0.3, 0.4) is 0 Å². The molecule has 0 saturated carbocycles. The number of hydrogen-bond acceptors (Lipinski definition) is 2. The number of nitrogens with two attached hydrogens (primary N) is 1. The number of aryl methyl sites for hydroxylation is 1. The standard InChI is InChI=1S/C11H17NO/c1-7-4-10(8(2)6-12)5-11(13)9(7)3/h4-5,8,13H,6,12H2,1-3H3. The molecule has 1 rings (SSSR count). The Morgan fingerprint density at radius 3 is 2.46 bits per heavy atom. The van der Waals surface area contributed by atoms with Crippen LogP contribution in [0.15, 0.2) is 12.1 Å². The molecular formula is C11H17NO. The fraction of sp³-hybridized carbons (Fsp3) is 0.455. The molecule has 0 radical (unpaired) electrons. The average Bonchev–Trinajstić information content (AvgIpc) is 2.12. The topological polar surface area (TPSA) is 46.2 Å². The summed E-state index contributed by atoms with van der Waals surface area (Å²) >= 11 is 0. The fourth-order valence-electron chi connectivity index (χ4n) is 1.29. The first kappa shape index (κ1) is 10.1. The Hall–Kier alpha value is -1.02. The van der Waals surface area contributed by atoms with Crippen LogP contribution in [0.5, 0.6) is 5.75 Å². The average molecular weight is 179 g/mol. The largest absolute Gasteiger partial charge is 0.508 e. The van der Waals surface area contributed by atoms with Gasteiger partial charge >= 0.3 is 0 Å². The van der Waals surface area contributed by atoms with Crippen LogP contribution in [0.25, 0.3) is 0 Å². The molecule has 0 heterocycles. The molecule has 0 bridgehead atoms. The summed E-state index contributed by atoms with van der Waals surface area (Å²) in [6.45, 7) is 6.59. The molecule has 13 heavy (non-hydrogen) atoms. The van der Waals surface area contributed by atoms with Crippen LogP contribution in [0, 0.1) is 13.8 Å². The molecule has 0 aliphatic heterocycles. The third-order valence-electron chi connectivity index (χ3n) is 2.58. The van der Waals surface area contributed by atoms with Gasteiger partial charge in [0.1, 0.15) is 5.75 Å². The molecule has 1 atom stereocenters. The summed E-state index contributed by atoms with van der Waals surface area (Å²) in [4.78, 5) is 0. The van der Waals surface area contributed by atoms with E-state index in [1.807, 2.05) is 13.8 Å². The van der Waals surface area contributed by atoms with Crippen molar-refractivity contribution in [2.45, 2.75) is 26.7 Å². The second-order valence-corrected chi connectivity index (χ2v) is 3.62. The normalized spacial score (nSPS) is 12.9. The van der Waals surface area contributed by atoms with E-state index >= 15 is 0 Å². The highest BCUT2D eigenvalue weighted by Crippen LogP contribution is 2.25. The van der Waals surface area contributed by atoms with Crippen molar-refractivity contribution >= 4 is 0 Å². The van der Waals surface area contributed by atoms with E-state index in [4.69, 9.17) is 5.73 Å². The Balaban J connectivity index is 3.13. The predicted octanol–water partition coefficient (Wildman–Crippen LogP) is 2.07. The molecule has 0 fully saturated rings. The molecule has 0 aromatic heterocycles. The first-order chi connectivity index (χ1) is 6.06. The molecule has 72 valence electrons. The van der Waals surface area contributed by atoms with Crippen molar-refractivity contribution in [3.8, 4) is 5.75 Å². The summed E-state index contributed by atoms with van der Waals surface area (Å²) in [5.74, 6) is 0.681. The minimum atomic E-state index is 0.310. The van der Waals surface area contributed by atoms with Crippen molar-refractivity contribution in [3.05, 3.63) is 28.8 Å². The number of benzene rings is 1. The van der Waals surface area contributed by atoms with Crippen LogP contribution in [0.1, 0.15) is 29.5 Å². The van der Waals surface area contributed by atoms with E-state index in [0.717, 1.165) is 16.7 Å². The lowest BCUT2D eigenvalue weighted by Crippen LogP contribution is -2.09. The Kier molecular flexibility index (Phi) is 2.94. The second-order valence-electron chi connectivity index (χ2n) is 3.62. The quantitative estimate of drug-likeness (QED) is 0.730. The first-order valence-electron chi connectivity index (χ1n) is 4.56.